The summed E-state index contributed by atoms with van der Waals surface area (Å²) in [5.41, 5.74) is -5.54. The molecule has 0 aromatic carbocycles. The van der Waals surface area contributed by atoms with Gasteiger partial charge in [-0.25, -0.2) is 0 Å². The number of hydrogen-bond donors (Lipinski definition) is 7. The smallest absolute Gasteiger partial charge is 0.187 e. The van der Waals surface area contributed by atoms with Crippen LogP contribution in [0.2, 0.25) is 0 Å². The highest BCUT2D eigenvalue weighted by Gasteiger charge is 2.63. The van der Waals surface area contributed by atoms with Crippen molar-refractivity contribution in [3.63, 3.8) is 0 Å². The standard InChI is InChI=1S/C17H30O13/c1-15(6-27-4-7(19)20)11(24)8(21)9(22)14(29-15)30-17(3)12(25)10(23)13(26)28-16(17,2)5-18/h8-14,18,21-26H,4-6H2,1-3H3,(H,19,20)/p-1. The molecule has 2 heterocycles. The lowest BCUT2D eigenvalue weighted by atomic mass is 9.76. The second-order valence-electron chi connectivity index (χ2n) is 8.15. The van der Waals surface area contributed by atoms with E-state index in [1.807, 2.05) is 0 Å². The summed E-state index contributed by atoms with van der Waals surface area (Å²) < 4.78 is 21.3. The molecule has 0 aliphatic carbocycles. The Labute approximate surface area is 172 Å². The summed E-state index contributed by atoms with van der Waals surface area (Å²) in [4.78, 5) is 10.5. The number of carboxylic acid groups (broad SMARTS) is 1. The number of ether oxygens (including phenoxy) is 4. The quantitative estimate of drug-likeness (QED) is 0.196. The lowest BCUT2D eigenvalue weighted by molar-refractivity contribution is -0.415. The lowest BCUT2D eigenvalue weighted by Gasteiger charge is -2.56. The average Bonchev–Trinajstić information content (AvgIpc) is 2.67. The van der Waals surface area contributed by atoms with Gasteiger partial charge in [0, 0.05) is 0 Å². The van der Waals surface area contributed by atoms with E-state index in [2.05, 4.69) is 0 Å². The molecule has 0 saturated carbocycles. The monoisotopic (exact) mass is 441 g/mol. The van der Waals surface area contributed by atoms with Crippen LogP contribution in [0, 0.1) is 0 Å². The first-order valence-corrected chi connectivity index (χ1v) is 9.23. The molecule has 2 aliphatic rings. The highest BCUT2D eigenvalue weighted by molar-refractivity contribution is 5.65. The number of aliphatic carboxylic acids is 1. The van der Waals surface area contributed by atoms with Crippen LogP contribution in [0.25, 0.3) is 0 Å². The van der Waals surface area contributed by atoms with Crippen LogP contribution in [-0.4, -0.2) is 121 Å². The van der Waals surface area contributed by atoms with Crippen LogP contribution in [0.15, 0.2) is 0 Å². The molecule has 2 aliphatic heterocycles. The van der Waals surface area contributed by atoms with Crippen molar-refractivity contribution in [2.45, 2.75) is 80.7 Å². The van der Waals surface area contributed by atoms with Crippen molar-refractivity contribution in [3.8, 4) is 0 Å². The molecule has 10 unspecified atom stereocenters. The molecule has 2 fully saturated rings. The zero-order valence-electron chi connectivity index (χ0n) is 16.7. The third-order valence-electron chi connectivity index (χ3n) is 5.85. The van der Waals surface area contributed by atoms with Gasteiger partial charge in [0.2, 0.25) is 0 Å². The minimum Gasteiger partial charge on any atom is -0.548 e. The van der Waals surface area contributed by atoms with Gasteiger partial charge in [-0.15, -0.1) is 0 Å². The maximum atomic E-state index is 10.5. The van der Waals surface area contributed by atoms with Gasteiger partial charge in [-0.1, -0.05) is 0 Å². The summed E-state index contributed by atoms with van der Waals surface area (Å²) >= 11 is 0. The Morgan fingerprint density at radius 2 is 1.57 bits per heavy atom. The first-order valence-electron chi connectivity index (χ1n) is 9.23. The van der Waals surface area contributed by atoms with Crippen LogP contribution < -0.4 is 5.11 Å². The summed E-state index contributed by atoms with van der Waals surface area (Å²) in [6.45, 7) is 1.60. The summed E-state index contributed by atoms with van der Waals surface area (Å²) in [6.07, 6.45) is -12.7. The molecule has 0 bridgehead atoms. The van der Waals surface area contributed by atoms with Gasteiger partial charge in [-0.3, -0.25) is 0 Å². The third kappa shape index (κ3) is 4.33. The van der Waals surface area contributed by atoms with E-state index < -0.39 is 85.7 Å². The summed E-state index contributed by atoms with van der Waals surface area (Å²) in [5, 5.41) is 81.5. The number of rotatable bonds is 7. The zero-order valence-corrected chi connectivity index (χ0v) is 16.7. The van der Waals surface area contributed by atoms with Gasteiger partial charge in [0.05, 0.1) is 25.8 Å². The maximum Gasteiger partial charge on any atom is 0.187 e. The van der Waals surface area contributed by atoms with Crippen molar-refractivity contribution in [1.82, 2.24) is 0 Å². The van der Waals surface area contributed by atoms with Crippen molar-refractivity contribution in [1.29, 1.82) is 0 Å². The van der Waals surface area contributed by atoms with E-state index in [-0.39, 0.29) is 0 Å². The van der Waals surface area contributed by atoms with Crippen molar-refractivity contribution in [2.24, 2.45) is 0 Å². The number of carboxylic acids is 1. The second kappa shape index (κ2) is 8.88. The number of carbonyl (C=O) groups excluding carboxylic acids is 1. The normalized spacial score (nSPS) is 49.7. The van der Waals surface area contributed by atoms with E-state index in [0.29, 0.717) is 0 Å². The Balaban J connectivity index is 2.30. The van der Waals surface area contributed by atoms with Crippen LogP contribution in [0.5, 0.6) is 0 Å². The maximum absolute atomic E-state index is 10.5. The van der Waals surface area contributed by atoms with E-state index in [1.54, 1.807) is 0 Å². The van der Waals surface area contributed by atoms with Crippen LogP contribution in [-0.2, 0) is 23.7 Å². The van der Waals surface area contributed by atoms with E-state index in [1.165, 1.54) is 20.8 Å². The molecule has 2 rings (SSSR count). The van der Waals surface area contributed by atoms with Gasteiger partial charge in [-0.05, 0) is 20.8 Å². The minimum absolute atomic E-state index is 0.542. The van der Waals surface area contributed by atoms with Gasteiger partial charge in [0.15, 0.2) is 12.6 Å². The Bertz CT molecular complexity index is 618. The molecule has 10 atom stereocenters. The largest absolute Gasteiger partial charge is 0.548 e. The second-order valence-corrected chi connectivity index (χ2v) is 8.15. The predicted octanol–water partition coefficient (Wildman–Crippen LogP) is -5.45. The molecule has 0 aromatic heterocycles. The Morgan fingerprint density at radius 3 is 2.10 bits per heavy atom. The Morgan fingerprint density at radius 1 is 0.967 bits per heavy atom. The molecule has 0 amide bonds. The first-order chi connectivity index (χ1) is 13.7. The Hall–Kier alpha value is -0.970. The fourth-order valence-electron chi connectivity index (χ4n) is 3.54. The summed E-state index contributed by atoms with van der Waals surface area (Å²) in [5.74, 6) is -1.53. The highest BCUT2D eigenvalue weighted by atomic mass is 16.7. The van der Waals surface area contributed by atoms with Gasteiger partial charge in [-0.2, -0.15) is 0 Å². The average molecular weight is 441 g/mol. The van der Waals surface area contributed by atoms with Gasteiger partial charge < -0.3 is 64.6 Å². The Kier molecular flexibility index (Phi) is 7.48. The van der Waals surface area contributed by atoms with E-state index in [9.17, 15) is 45.6 Å². The van der Waals surface area contributed by atoms with E-state index in [4.69, 9.17) is 18.9 Å². The molecule has 0 radical (unpaired) electrons. The van der Waals surface area contributed by atoms with Crippen molar-refractivity contribution in [2.75, 3.05) is 19.8 Å². The summed E-state index contributed by atoms with van der Waals surface area (Å²) in [6, 6.07) is 0. The molecular weight excluding hydrogens is 412 g/mol. The SMILES string of the molecule is CC1(COCC(=O)[O-])OC(OC2(C)C(O)C(O)C(O)OC2(C)CO)C(O)C(O)C1O. The highest BCUT2D eigenvalue weighted by Crippen LogP contribution is 2.43. The first kappa shape index (κ1) is 25.3. The number of hydrogen-bond acceptors (Lipinski definition) is 13. The molecule has 30 heavy (non-hydrogen) atoms. The molecule has 7 N–H and O–H groups in total. The molecule has 176 valence electrons. The van der Waals surface area contributed by atoms with Gasteiger partial charge in [0.25, 0.3) is 0 Å². The molecule has 13 heteroatoms. The van der Waals surface area contributed by atoms with Crippen LogP contribution in [0.3, 0.4) is 0 Å². The summed E-state index contributed by atoms with van der Waals surface area (Å²) in [7, 11) is 0. The number of aliphatic hydroxyl groups excluding tert-OH is 7. The van der Waals surface area contributed by atoms with E-state index in [0.717, 1.165) is 0 Å². The van der Waals surface area contributed by atoms with Crippen LogP contribution in [0.4, 0.5) is 0 Å². The fourth-order valence-corrected chi connectivity index (χ4v) is 3.54. The zero-order chi connectivity index (χ0) is 23.1. The third-order valence-corrected chi connectivity index (χ3v) is 5.85. The van der Waals surface area contributed by atoms with Gasteiger partial charge >= 0.3 is 0 Å². The van der Waals surface area contributed by atoms with Crippen molar-refractivity contribution < 1.29 is 64.6 Å². The van der Waals surface area contributed by atoms with Crippen LogP contribution in [0.1, 0.15) is 20.8 Å². The van der Waals surface area contributed by atoms with E-state index >= 15 is 0 Å². The minimum atomic E-state index is -1.99. The number of carbonyl (C=O) groups is 1. The topological polar surface area (TPSA) is 219 Å². The lowest BCUT2D eigenvalue weighted by Crippen LogP contribution is -2.75. The number of aliphatic hydroxyl groups is 7. The van der Waals surface area contributed by atoms with Gasteiger partial charge in [0.1, 0.15) is 47.3 Å². The molecule has 13 nitrogen and oxygen atoms in total. The molecule has 0 spiro atoms. The molecule has 2 saturated heterocycles. The van der Waals surface area contributed by atoms with Crippen molar-refractivity contribution in [3.05, 3.63) is 0 Å². The van der Waals surface area contributed by atoms with Crippen molar-refractivity contribution >= 4 is 5.97 Å². The predicted molar refractivity (Wildman–Crippen MR) is 91.2 cm³/mol. The molecule has 0 aromatic rings. The fraction of sp³-hybridized carbons (Fsp3) is 0.941. The van der Waals surface area contributed by atoms with Crippen LogP contribution >= 0.6 is 0 Å². The molecular formula is C17H29O13-.